The number of thiazole rings is 1. The number of nitrogens with one attached hydrogen (secondary N) is 2. The van der Waals surface area contributed by atoms with Gasteiger partial charge in [-0.3, -0.25) is 10.1 Å². The molecule has 6 nitrogen and oxygen atoms in total. The Morgan fingerprint density at radius 2 is 1.74 bits per heavy atom. The summed E-state index contributed by atoms with van der Waals surface area (Å²) in [4.78, 5) is 28.0. The van der Waals surface area contributed by atoms with Gasteiger partial charge in [0.15, 0.2) is 5.13 Å². The highest BCUT2D eigenvalue weighted by Crippen LogP contribution is 2.29. The maximum atomic E-state index is 12.5. The molecular weight excluding hydrogens is 360 g/mol. The SMILES string of the molecule is Cc1cc(C)c(-c2csc(NC(=O)c3cccc(NC(N)=O)c3)n2)cc1C. The van der Waals surface area contributed by atoms with Gasteiger partial charge in [0.2, 0.25) is 0 Å². The topological polar surface area (TPSA) is 97.1 Å². The third-order valence-corrected chi connectivity index (χ3v) is 4.99. The molecule has 0 saturated heterocycles. The van der Waals surface area contributed by atoms with E-state index in [1.54, 1.807) is 24.3 Å². The molecule has 0 spiro atoms. The molecule has 0 aliphatic heterocycles. The molecule has 138 valence electrons. The summed E-state index contributed by atoms with van der Waals surface area (Å²) in [5.74, 6) is -0.305. The predicted octanol–water partition coefficient (Wildman–Crippen LogP) is 4.48. The maximum Gasteiger partial charge on any atom is 0.316 e. The number of hydrogen-bond donors (Lipinski definition) is 3. The second-order valence-electron chi connectivity index (χ2n) is 6.31. The standard InChI is InChI=1S/C20H20N4O2S/c1-11-7-13(3)16(8-12(11)2)17-10-27-20(23-17)24-18(25)14-5-4-6-15(9-14)22-19(21)26/h4-10H,1-3H3,(H3,21,22,26)(H,23,24,25). The fourth-order valence-corrected chi connectivity index (χ4v) is 3.45. The minimum atomic E-state index is -0.680. The van der Waals surface area contributed by atoms with Gasteiger partial charge in [-0.1, -0.05) is 12.1 Å². The predicted molar refractivity (Wildman–Crippen MR) is 109 cm³/mol. The third-order valence-electron chi connectivity index (χ3n) is 4.23. The second kappa shape index (κ2) is 7.59. The zero-order valence-corrected chi connectivity index (χ0v) is 16.1. The monoisotopic (exact) mass is 380 g/mol. The van der Waals surface area contributed by atoms with E-state index in [2.05, 4.69) is 48.5 Å². The lowest BCUT2D eigenvalue weighted by Crippen LogP contribution is -2.19. The molecule has 3 aromatic rings. The van der Waals surface area contributed by atoms with Gasteiger partial charge in [0.05, 0.1) is 5.69 Å². The summed E-state index contributed by atoms with van der Waals surface area (Å²) in [6, 6.07) is 10.1. The molecule has 1 heterocycles. The molecule has 0 fully saturated rings. The van der Waals surface area contributed by atoms with Crippen molar-refractivity contribution in [2.45, 2.75) is 20.8 Å². The van der Waals surface area contributed by atoms with Crippen molar-refractivity contribution in [2.24, 2.45) is 5.73 Å². The summed E-state index contributed by atoms with van der Waals surface area (Å²) in [5.41, 5.74) is 11.4. The summed E-state index contributed by atoms with van der Waals surface area (Å²) in [6.07, 6.45) is 0. The molecule has 3 amide bonds. The average molecular weight is 380 g/mol. The molecule has 2 aromatic carbocycles. The quantitative estimate of drug-likeness (QED) is 0.622. The van der Waals surface area contributed by atoms with Crippen LogP contribution < -0.4 is 16.4 Å². The number of carbonyl (C=O) groups is 2. The Morgan fingerprint density at radius 1 is 1.00 bits per heavy atom. The van der Waals surface area contributed by atoms with Gasteiger partial charge in [-0.25, -0.2) is 9.78 Å². The number of aryl methyl sites for hydroxylation is 3. The summed E-state index contributed by atoms with van der Waals surface area (Å²) < 4.78 is 0. The van der Waals surface area contributed by atoms with Gasteiger partial charge in [-0.15, -0.1) is 11.3 Å². The number of nitrogens with two attached hydrogens (primary N) is 1. The molecule has 3 rings (SSSR count). The number of amides is 3. The number of aromatic nitrogens is 1. The fourth-order valence-electron chi connectivity index (χ4n) is 2.74. The van der Waals surface area contributed by atoms with Crippen LogP contribution in [-0.2, 0) is 0 Å². The minimum absolute atomic E-state index is 0.305. The maximum absolute atomic E-state index is 12.5. The van der Waals surface area contributed by atoms with Crippen molar-refractivity contribution in [3.05, 3.63) is 64.0 Å². The fraction of sp³-hybridized carbons (Fsp3) is 0.150. The Morgan fingerprint density at radius 3 is 2.48 bits per heavy atom. The van der Waals surface area contributed by atoms with E-state index in [1.165, 1.54) is 22.5 Å². The summed E-state index contributed by atoms with van der Waals surface area (Å²) in [6.45, 7) is 6.21. The highest BCUT2D eigenvalue weighted by Gasteiger charge is 2.12. The van der Waals surface area contributed by atoms with Gasteiger partial charge in [-0.05, 0) is 61.7 Å². The van der Waals surface area contributed by atoms with Crippen LogP contribution in [0.4, 0.5) is 15.6 Å². The van der Waals surface area contributed by atoms with Crippen molar-refractivity contribution < 1.29 is 9.59 Å². The number of rotatable bonds is 4. The van der Waals surface area contributed by atoms with Crippen molar-refractivity contribution in [1.29, 1.82) is 0 Å². The first kappa shape index (κ1) is 18.6. The largest absolute Gasteiger partial charge is 0.351 e. The van der Waals surface area contributed by atoms with E-state index < -0.39 is 6.03 Å². The zero-order valence-electron chi connectivity index (χ0n) is 15.3. The smallest absolute Gasteiger partial charge is 0.316 e. The first-order chi connectivity index (χ1) is 12.8. The number of anilines is 2. The van der Waals surface area contributed by atoms with Gasteiger partial charge >= 0.3 is 6.03 Å². The lowest BCUT2D eigenvalue weighted by Gasteiger charge is -2.07. The van der Waals surface area contributed by atoms with Crippen LogP contribution in [0, 0.1) is 20.8 Å². The summed E-state index contributed by atoms with van der Waals surface area (Å²) >= 11 is 1.37. The van der Waals surface area contributed by atoms with Gasteiger partial charge in [0.25, 0.3) is 5.91 Å². The molecule has 7 heteroatoms. The normalized spacial score (nSPS) is 10.5. The third kappa shape index (κ3) is 4.32. The van der Waals surface area contributed by atoms with Crippen molar-refractivity contribution in [3.63, 3.8) is 0 Å². The van der Waals surface area contributed by atoms with Crippen LogP contribution in [-0.4, -0.2) is 16.9 Å². The van der Waals surface area contributed by atoms with Crippen LogP contribution in [0.3, 0.4) is 0 Å². The van der Waals surface area contributed by atoms with Crippen molar-refractivity contribution in [2.75, 3.05) is 10.6 Å². The molecule has 1 aromatic heterocycles. The van der Waals surface area contributed by atoms with E-state index >= 15 is 0 Å². The van der Waals surface area contributed by atoms with Crippen LogP contribution in [0.25, 0.3) is 11.3 Å². The molecular formula is C20H20N4O2S. The lowest BCUT2D eigenvalue weighted by atomic mass is 9.99. The first-order valence-corrected chi connectivity index (χ1v) is 9.23. The van der Waals surface area contributed by atoms with Gasteiger partial charge in [-0.2, -0.15) is 0 Å². The Labute approximate surface area is 161 Å². The van der Waals surface area contributed by atoms with Gasteiger partial charge in [0.1, 0.15) is 0 Å². The molecule has 0 bridgehead atoms. The van der Waals surface area contributed by atoms with Crippen LogP contribution in [0.2, 0.25) is 0 Å². The van der Waals surface area contributed by atoms with Crippen molar-refractivity contribution in [3.8, 4) is 11.3 Å². The van der Waals surface area contributed by atoms with Crippen LogP contribution >= 0.6 is 11.3 Å². The van der Waals surface area contributed by atoms with E-state index in [0.29, 0.717) is 16.4 Å². The molecule has 0 aliphatic rings. The highest BCUT2D eigenvalue weighted by molar-refractivity contribution is 7.14. The molecule has 0 aliphatic carbocycles. The van der Waals surface area contributed by atoms with E-state index in [4.69, 9.17) is 5.73 Å². The van der Waals surface area contributed by atoms with E-state index in [0.717, 1.165) is 16.8 Å². The van der Waals surface area contributed by atoms with Crippen LogP contribution in [0.5, 0.6) is 0 Å². The van der Waals surface area contributed by atoms with Crippen LogP contribution in [0.1, 0.15) is 27.0 Å². The molecule has 0 radical (unpaired) electrons. The number of primary amides is 1. The zero-order chi connectivity index (χ0) is 19.6. The average Bonchev–Trinajstić information content (AvgIpc) is 3.06. The van der Waals surface area contributed by atoms with Crippen LogP contribution in [0.15, 0.2) is 41.8 Å². The minimum Gasteiger partial charge on any atom is -0.351 e. The Hall–Kier alpha value is -3.19. The Bertz CT molecular complexity index is 1030. The van der Waals surface area contributed by atoms with Crippen molar-refractivity contribution >= 4 is 34.1 Å². The lowest BCUT2D eigenvalue weighted by molar-refractivity contribution is 0.102. The van der Waals surface area contributed by atoms with Gasteiger partial charge in [0, 0.05) is 22.2 Å². The highest BCUT2D eigenvalue weighted by atomic mass is 32.1. The number of benzene rings is 2. The number of hydrogen-bond acceptors (Lipinski definition) is 4. The molecule has 27 heavy (non-hydrogen) atoms. The molecule has 0 atom stereocenters. The number of urea groups is 1. The van der Waals surface area contributed by atoms with E-state index in [-0.39, 0.29) is 5.91 Å². The first-order valence-electron chi connectivity index (χ1n) is 8.35. The molecule has 4 N–H and O–H groups in total. The van der Waals surface area contributed by atoms with E-state index in [9.17, 15) is 9.59 Å². The molecule has 0 unspecified atom stereocenters. The Balaban J connectivity index is 1.79. The van der Waals surface area contributed by atoms with E-state index in [1.807, 2.05) is 5.38 Å². The molecule has 0 saturated carbocycles. The van der Waals surface area contributed by atoms with Gasteiger partial charge < -0.3 is 11.1 Å². The number of nitrogens with zero attached hydrogens (tertiary/aromatic N) is 1. The van der Waals surface area contributed by atoms with Crippen molar-refractivity contribution in [1.82, 2.24) is 4.98 Å². The summed E-state index contributed by atoms with van der Waals surface area (Å²) in [7, 11) is 0. The number of carbonyl (C=O) groups excluding carboxylic acids is 2. The second-order valence-corrected chi connectivity index (χ2v) is 7.17. The summed E-state index contributed by atoms with van der Waals surface area (Å²) in [5, 5.41) is 7.69. The Kier molecular flexibility index (Phi) is 5.23.